The van der Waals surface area contributed by atoms with Crippen LogP contribution in [-0.4, -0.2) is 48.3 Å². The summed E-state index contributed by atoms with van der Waals surface area (Å²) in [4.78, 5) is 0. The van der Waals surface area contributed by atoms with Crippen molar-refractivity contribution in [3.8, 4) is 11.8 Å². The third-order valence-electron chi connectivity index (χ3n) is 2.16. The van der Waals surface area contributed by atoms with E-state index in [1.54, 1.807) is 0 Å². The van der Waals surface area contributed by atoms with E-state index in [-0.39, 0.29) is 31.5 Å². The van der Waals surface area contributed by atoms with Crippen LogP contribution in [0.5, 0.6) is 0 Å². The van der Waals surface area contributed by atoms with Crippen LogP contribution in [0.1, 0.15) is 33.6 Å². The third kappa shape index (κ3) is 9.13. The van der Waals surface area contributed by atoms with Gasteiger partial charge in [0.15, 0.2) is 0 Å². The highest BCUT2D eigenvalue weighted by Gasteiger charge is 2.09. The standard InChI is InChI=1S/C13H24O4/c1-4-5-13(10-15)17-12(3)7-6-11(2)16-9-8-14/h11-15H,4-5,8-10H2,1-3H3. The first-order valence-corrected chi connectivity index (χ1v) is 6.13. The lowest BCUT2D eigenvalue weighted by Crippen LogP contribution is -2.22. The first kappa shape index (κ1) is 16.4. The molecule has 4 nitrogen and oxygen atoms in total. The van der Waals surface area contributed by atoms with Crippen LogP contribution in [0, 0.1) is 11.8 Å². The summed E-state index contributed by atoms with van der Waals surface area (Å²) < 4.78 is 10.8. The molecule has 0 aromatic heterocycles. The molecule has 0 saturated carbocycles. The van der Waals surface area contributed by atoms with Crippen LogP contribution in [0.3, 0.4) is 0 Å². The van der Waals surface area contributed by atoms with Gasteiger partial charge >= 0.3 is 0 Å². The smallest absolute Gasteiger partial charge is 0.116 e. The summed E-state index contributed by atoms with van der Waals surface area (Å²) in [6.45, 7) is 6.04. The predicted molar refractivity (Wildman–Crippen MR) is 66.6 cm³/mol. The van der Waals surface area contributed by atoms with E-state index in [4.69, 9.17) is 19.7 Å². The van der Waals surface area contributed by atoms with Gasteiger partial charge in [0.05, 0.1) is 25.9 Å². The monoisotopic (exact) mass is 244 g/mol. The molecule has 0 radical (unpaired) electrons. The Morgan fingerprint density at radius 3 is 2.29 bits per heavy atom. The molecule has 0 fully saturated rings. The first-order valence-electron chi connectivity index (χ1n) is 6.13. The Kier molecular flexibility index (Phi) is 10.2. The van der Waals surface area contributed by atoms with Gasteiger partial charge in [0.2, 0.25) is 0 Å². The second-order valence-electron chi connectivity index (χ2n) is 3.90. The quantitative estimate of drug-likeness (QED) is 0.624. The molecule has 3 atom stereocenters. The highest BCUT2D eigenvalue weighted by atomic mass is 16.5. The molecule has 0 amide bonds. The molecule has 4 heteroatoms. The van der Waals surface area contributed by atoms with E-state index in [9.17, 15) is 0 Å². The van der Waals surface area contributed by atoms with E-state index < -0.39 is 0 Å². The summed E-state index contributed by atoms with van der Waals surface area (Å²) in [5.41, 5.74) is 0. The molecule has 0 bridgehead atoms. The lowest BCUT2D eigenvalue weighted by molar-refractivity contribution is -0.0124. The lowest BCUT2D eigenvalue weighted by Gasteiger charge is -2.16. The van der Waals surface area contributed by atoms with Crippen molar-refractivity contribution in [3.05, 3.63) is 0 Å². The summed E-state index contributed by atoms with van der Waals surface area (Å²) in [6.07, 6.45) is 1.23. The zero-order valence-corrected chi connectivity index (χ0v) is 11.0. The molecule has 0 heterocycles. The fraction of sp³-hybridized carbons (Fsp3) is 0.846. The summed E-state index contributed by atoms with van der Waals surface area (Å²) in [5, 5.41) is 17.7. The van der Waals surface area contributed by atoms with Crippen molar-refractivity contribution in [3.63, 3.8) is 0 Å². The van der Waals surface area contributed by atoms with Crippen LogP contribution in [0.4, 0.5) is 0 Å². The summed E-state index contributed by atoms with van der Waals surface area (Å²) in [6, 6.07) is 0. The zero-order chi connectivity index (χ0) is 13.1. The van der Waals surface area contributed by atoms with Crippen molar-refractivity contribution in [1.29, 1.82) is 0 Å². The van der Waals surface area contributed by atoms with E-state index in [1.807, 2.05) is 20.8 Å². The summed E-state index contributed by atoms with van der Waals surface area (Å²) >= 11 is 0. The molecule has 0 rings (SSSR count). The van der Waals surface area contributed by atoms with Crippen LogP contribution in [-0.2, 0) is 9.47 Å². The number of rotatable bonds is 8. The normalized spacial score (nSPS) is 15.8. The van der Waals surface area contributed by atoms with Crippen LogP contribution in [0.15, 0.2) is 0 Å². The first-order chi connectivity index (χ1) is 8.13. The van der Waals surface area contributed by atoms with E-state index >= 15 is 0 Å². The number of hydrogen-bond acceptors (Lipinski definition) is 4. The molecule has 17 heavy (non-hydrogen) atoms. The maximum Gasteiger partial charge on any atom is 0.116 e. The van der Waals surface area contributed by atoms with Crippen LogP contribution >= 0.6 is 0 Å². The SMILES string of the molecule is CCCC(CO)OC(C)C#CC(C)OCCO. The average Bonchev–Trinajstić information content (AvgIpc) is 2.33. The van der Waals surface area contributed by atoms with Crippen molar-refractivity contribution >= 4 is 0 Å². The topological polar surface area (TPSA) is 58.9 Å². The van der Waals surface area contributed by atoms with Gasteiger partial charge in [-0.25, -0.2) is 0 Å². The van der Waals surface area contributed by atoms with Crippen LogP contribution in [0.2, 0.25) is 0 Å². The van der Waals surface area contributed by atoms with Crippen molar-refractivity contribution in [2.24, 2.45) is 0 Å². The largest absolute Gasteiger partial charge is 0.394 e. The number of hydrogen-bond donors (Lipinski definition) is 2. The predicted octanol–water partition coefficient (Wildman–Crippen LogP) is 0.953. The minimum atomic E-state index is -0.223. The van der Waals surface area contributed by atoms with Gasteiger partial charge in [-0.15, -0.1) is 0 Å². The Morgan fingerprint density at radius 1 is 1.12 bits per heavy atom. The Hall–Kier alpha value is -0.600. The molecule has 0 aliphatic rings. The van der Waals surface area contributed by atoms with Gasteiger partial charge in [0, 0.05) is 0 Å². The maximum atomic E-state index is 9.07. The Morgan fingerprint density at radius 2 is 1.76 bits per heavy atom. The van der Waals surface area contributed by atoms with Gasteiger partial charge in [-0.1, -0.05) is 25.2 Å². The molecule has 2 N–H and O–H groups in total. The molecule has 0 aromatic rings. The number of aliphatic hydroxyl groups excluding tert-OH is 2. The van der Waals surface area contributed by atoms with Crippen molar-refractivity contribution in [2.45, 2.75) is 51.9 Å². The fourth-order valence-corrected chi connectivity index (χ4v) is 1.35. The molecule has 0 aliphatic carbocycles. The molecule has 0 spiro atoms. The van der Waals surface area contributed by atoms with Crippen molar-refractivity contribution in [2.75, 3.05) is 19.8 Å². The molecule has 0 aliphatic heterocycles. The maximum absolute atomic E-state index is 9.07. The molecule has 3 unspecified atom stereocenters. The van der Waals surface area contributed by atoms with Crippen molar-refractivity contribution in [1.82, 2.24) is 0 Å². The van der Waals surface area contributed by atoms with Gasteiger partial charge in [0.25, 0.3) is 0 Å². The van der Waals surface area contributed by atoms with Gasteiger partial charge in [-0.3, -0.25) is 0 Å². The van der Waals surface area contributed by atoms with E-state index in [0.29, 0.717) is 6.61 Å². The van der Waals surface area contributed by atoms with Gasteiger partial charge in [-0.05, 0) is 20.3 Å². The number of aliphatic hydroxyl groups is 2. The Bertz CT molecular complexity index is 231. The Labute approximate surface area is 104 Å². The van der Waals surface area contributed by atoms with Crippen LogP contribution in [0.25, 0.3) is 0 Å². The molecule has 0 aromatic carbocycles. The van der Waals surface area contributed by atoms with Gasteiger partial charge < -0.3 is 19.7 Å². The lowest BCUT2D eigenvalue weighted by atomic mass is 10.2. The number of ether oxygens (including phenoxy) is 2. The highest BCUT2D eigenvalue weighted by Crippen LogP contribution is 2.04. The fourth-order valence-electron chi connectivity index (χ4n) is 1.35. The van der Waals surface area contributed by atoms with E-state index in [2.05, 4.69) is 11.8 Å². The zero-order valence-electron chi connectivity index (χ0n) is 11.0. The van der Waals surface area contributed by atoms with Crippen molar-refractivity contribution < 1.29 is 19.7 Å². The summed E-state index contributed by atoms with van der Waals surface area (Å²) in [7, 11) is 0. The molecular weight excluding hydrogens is 220 g/mol. The van der Waals surface area contributed by atoms with E-state index in [1.165, 1.54) is 0 Å². The van der Waals surface area contributed by atoms with Gasteiger partial charge in [-0.2, -0.15) is 0 Å². The van der Waals surface area contributed by atoms with Crippen LogP contribution < -0.4 is 0 Å². The minimum absolute atomic E-state index is 0.00115. The van der Waals surface area contributed by atoms with Gasteiger partial charge in [0.1, 0.15) is 12.2 Å². The molecular formula is C13H24O4. The highest BCUT2D eigenvalue weighted by molar-refractivity contribution is 5.07. The second kappa shape index (κ2) is 10.5. The minimum Gasteiger partial charge on any atom is -0.394 e. The van der Waals surface area contributed by atoms with E-state index in [0.717, 1.165) is 12.8 Å². The third-order valence-corrected chi connectivity index (χ3v) is 2.16. The second-order valence-corrected chi connectivity index (χ2v) is 3.90. The Balaban J connectivity index is 3.97. The average molecular weight is 244 g/mol. The summed E-state index contributed by atoms with van der Waals surface area (Å²) in [5.74, 6) is 5.82. The molecule has 100 valence electrons. The molecule has 0 saturated heterocycles.